The summed E-state index contributed by atoms with van der Waals surface area (Å²) >= 11 is 3.54. The molecule has 3 rings (SSSR count). The van der Waals surface area contributed by atoms with Crippen LogP contribution in [0.4, 0.5) is 0 Å². The van der Waals surface area contributed by atoms with Gasteiger partial charge < -0.3 is 8.97 Å². The molecule has 3 aromatic rings. The molecule has 0 fully saturated rings. The van der Waals surface area contributed by atoms with Gasteiger partial charge in [-0.1, -0.05) is 11.6 Å². The zero-order valence-electron chi connectivity index (χ0n) is 9.50. The largest absolute Gasteiger partial charge is 0.768 e. The molecule has 0 bridgehead atoms. The maximum atomic E-state index is 10.9. The Hall–Kier alpha value is -1.69. The molecule has 0 radical (unpaired) electrons. The van der Waals surface area contributed by atoms with E-state index in [0.29, 0.717) is 22.0 Å². The quantitative estimate of drug-likeness (QED) is 0.679. The van der Waals surface area contributed by atoms with Crippen LogP contribution in [0.15, 0.2) is 51.8 Å². The highest BCUT2D eigenvalue weighted by molar-refractivity contribution is 7.79. The molecule has 96 valence electrons. The van der Waals surface area contributed by atoms with Crippen LogP contribution in [0.1, 0.15) is 0 Å². The number of nitrogens with zero attached hydrogens (tertiary/aromatic N) is 1. The number of hydrogen-bond acceptors (Lipinski definition) is 4. The van der Waals surface area contributed by atoms with Crippen molar-refractivity contribution in [2.24, 2.45) is 0 Å². The fourth-order valence-electron chi connectivity index (χ4n) is 1.73. The van der Waals surface area contributed by atoms with Gasteiger partial charge in [-0.2, -0.15) is 0 Å². The van der Waals surface area contributed by atoms with E-state index in [1.165, 1.54) is 12.1 Å². The van der Waals surface area contributed by atoms with Gasteiger partial charge in [0.05, 0.1) is 0 Å². The number of rotatable bonds is 2. The first kappa shape index (κ1) is 12.3. The Labute approximate surface area is 116 Å². The maximum Gasteiger partial charge on any atom is 0.227 e. The second kappa shape index (κ2) is 4.77. The van der Waals surface area contributed by atoms with E-state index in [0.717, 1.165) is 5.56 Å². The standard InChI is InChI=1S/C13H8ClNO3S/c14-9-3-1-8(2-4-9)13-15-11-7-10(19(16)17)5-6-12(11)18-13/h1-7H,(H,16,17)/p-1. The SMILES string of the molecule is O=S([O-])c1ccc2oc(-c3ccc(Cl)cc3)nc2c1. The first-order valence-corrected chi connectivity index (χ1v) is 6.84. The number of hydrogen-bond donors (Lipinski definition) is 0. The third-order valence-electron chi connectivity index (χ3n) is 2.64. The minimum atomic E-state index is -2.27. The minimum absolute atomic E-state index is 0.184. The number of benzene rings is 2. The molecule has 4 nitrogen and oxygen atoms in total. The summed E-state index contributed by atoms with van der Waals surface area (Å²) in [5.41, 5.74) is 1.83. The molecule has 6 heteroatoms. The Balaban J connectivity index is 2.11. The monoisotopic (exact) mass is 292 g/mol. The fraction of sp³-hybridized carbons (Fsp3) is 0. The van der Waals surface area contributed by atoms with E-state index in [9.17, 15) is 8.76 Å². The average Bonchev–Trinajstić information content (AvgIpc) is 2.82. The van der Waals surface area contributed by atoms with Crippen molar-refractivity contribution in [2.45, 2.75) is 4.90 Å². The molecule has 0 aliphatic rings. The average molecular weight is 293 g/mol. The van der Waals surface area contributed by atoms with Gasteiger partial charge in [-0.05, 0) is 53.5 Å². The Bertz CT molecular complexity index is 767. The topological polar surface area (TPSA) is 66.2 Å². The highest BCUT2D eigenvalue weighted by Gasteiger charge is 2.08. The van der Waals surface area contributed by atoms with Crippen LogP contribution in [0, 0.1) is 0 Å². The minimum Gasteiger partial charge on any atom is -0.768 e. The first-order chi connectivity index (χ1) is 9.13. The first-order valence-electron chi connectivity index (χ1n) is 5.39. The van der Waals surface area contributed by atoms with Crippen LogP contribution < -0.4 is 0 Å². The summed E-state index contributed by atoms with van der Waals surface area (Å²) in [6, 6.07) is 11.6. The molecule has 1 unspecified atom stereocenters. The van der Waals surface area contributed by atoms with E-state index in [1.54, 1.807) is 30.3 Å². The van der Waals surface area contributed by atoms with Gasteiger partial charge in [0, 0.05) is 15.5 Å². The molecular formula is C13H7ClNO3S-. The van der Waals surface area contributed by atoms with Gasteiger partial charge in [0.25, 0.3) is 0 Å². The van der Waals surface area contributed by atoms with Crippen molar-refractivity contribution in [3.63, 3.8) is 0 Å². The van der Waals surface area contributed by atoms with E-state index >= 15 is 0 Å². The lowest BCUT2D eigenvalue weighted by Crippen LogP contribution is -1.87. The zero-order valence-corrected chi connectivity index (χ0v) is 11.1. The van der Waals surface area contributed by atoms with Gasteiger partial charge in [0.15, 0.2) is 5.58 Å². The Morgan fingerprint density at radius 2 is 1.89 bits per heavy atom. The van der Waals surface area contributed by atoms with Crippen molar-refractivity contribution in [1.82, 2.24) is 4.98 Å². The molecular weight excluding hydrogens is 286 g/mol. The summed E-state index contributed by atoms with van der Waals surface area (Å²) in [7, 11) is 0. The lowest BCUT2D eigenvalue weighted by atomic mass is 10.2. The molecule has 0 N–H and O–H groups in total. The molecule has 0 saturated heterocycles. The van der Waals surface area contributed by atoms with Crippen molar-refractivity contribution >= 4 is 33.8 Å². The molecule has 1 aromatic heterocycles. The highest BCUT2D eigenvalue weighted by Crippen LogP contribution is 2.26. The van der Waals surface area contributed by atoms with Crippen LogP contribution in [0.5, 0.6) is 0 Å². The van der Waals surface area contributed by atoms with E-state index in [-0.39, 0.29) is 4.90 Å². The molecule has 19 heavy (non-hydrogen) atoms. The van der Waals surface area contributed by atoms with Gasteiger partial charge >= 0.3 is 0 Å². The summed E-state index contributed by atoms with van der Waals surface area (Å²) in [4.78, 5) is 4.46. The summed E-state index contributed by atoms with van der Waals surface area (Å²) in [5, 5.41) is 0.629. The number of fused-ring (bicyclic) bond motifs is 1. The van der Waals surface area contributed by atoms with Gasteiger partial charge in [0.1, 0.15) is 5.52 Å². The molecule has 0 spiro atoms. The van der Waals surface area contributed by atoms with Crippen LogP contribution in [0.2, 0.25) is 5.02 Å². The molecule has 0 aliphatic heterocycles. The summed E-state index contributed by atoms with van der Waals surface area (Å²) in [6.45, 7) is 0. The lowest BCUT2D eigenvalue weighted by molar-refractivity contribution is 0.537. The van der Waals surface area contributed by atoms with Crippen molar-refractivity contribution < 1.29 is 13.2 Å². The molecule has 1 heterocycles. The van der Waals surface area contributed by atoms with Crippen molar-refractivity contribution in [1.29, 1.82) is 0 Å². The van der Waals surface area contributed by atoms with Crippen molar-refractivity contribution in [2.75, 3.05) is 0 Å². The van der Waals surface area contributed by atoms with Gasteiger partial charge in [-0.25, -0.2) is 4.98 Å². The van der Waals surface area contributed by atoms with Crippen LogP contribution >= 0.6 is 11.6 Å². The van der Waals surface area contributed by atoms with Gasteiger partial charge in [0.2, 0.25) is 5.89 Å². The fourth-order valence-corrected chi connectivity index (χ4v) is 2.24. The lowest BCUT2D eigenvalue weighted by Gasteiger charge is -2.02. The van der Waals surface area contributed by atoms with E-state index in [2.05, 4.69) is 4.98 Å². The number of aromatic nitrogens is 1. The van der Waals surface area contributed by atoms with Gasteiger partial charge in [-0.3, -0.25) is 4.21 Å². The van der Waals surface area contributed by atoms with E-state index < -0.39 is 11.1 Å². The van der Waals surface area contributed by atoms with Crippen LogP contribution in [-0.2, 0) is 11.1 Å². The van der Waals surface area contributed by atoms with Crippen molar-refractivity contribution in [3.05, 3.63) is 47.5 Å². The summed E-state index contributed by atoms with van der Waals surface area (Å²) < 4.78 is 27.3. The zero-order chi connectivity index (χ0) is 13.4. The normalized spacial score (nSPS) is 12.7. The van der Waals surface area contributed by atoms with Crippen molar-refractivity contribution in [3.8, 4) is 11.5 Å². The third-order valence-corrected chi connectivity index (χ3v) is 3.53. The second-order valence-corrected chi connectivity index (χ2v) is 5.27. The van der Waals surface area contributed by atoms with E-state index in [1.807, 2.05) is 0 Å². The predicted octanol–water partition coefficient (Wildman–Crippen LogP) is 3.39. The van der Waals surface area contributed by atoms with Gasteiger partial charge in [-0.15, -0.1) is 0 Å². The molecule has 2 aromatic carbocycles. The summed E-state index contributed by atoms with van der Waals surface area (Å²) in [5.74, 6) is 0.431. The maximum absolute atomic E-state index is 10.9. The smallest absolute Gasteiger partial charge is 0.227 e. The molecule has 1 atom stereocenters. The van der Waals surface area contributed by atoms with Crippen LogP contribution in [-0.4, -0.2) is 13.7 Å². The van der Waals surface area contributed by atoms with E-state index in [4.69, 9.17) is 16.0 Å². The second-order valence-electron chi connectivity index (χ2n) is 3.89. The molecule has 0 amide bonds. The predicted molar refractivity (Wildman–Crippen MR) is 71.6 cm³/mol. The Morgan fingerprint density at radius 1 is 1.16 bits per heavy atom. The molecule has 0 saturated carbocycles. The Morgan fingerprint density at radius 3 is 2.58 bits per heavy atom. The Kier molecular flexibility index (Phi) is 3.10. The highest BCUT2D eigenvalue weighted by atomic mass is 35.5. The molecule has 0 aliphatic carbocycles. The number of halogens is 1. The van der Waals surface area contributed by atoms with Crippen LogP contribution in [0.25, 0.3) is 22.6 Å². The summed E-state index contributed by atoms with van der Waals surface area (Å²) in [6.07, 6.45) is 0. The van der Waals surface area contributed by atoms with Crippen LogP contribution in [0.3, 0.4) is 0 Å². The third kappa shape index (κ3) is 2.40. The number of oxazole rings is 1.